The van der Waals surface area contributed by atoms with Crippen molar-refractivity contribution in [1.29, 1.82) is 5.26 Å². The van der Waals surface area contributed by atoms with Crippen LogP contribution in [-0.4, -0.2) is 59.0 Å². The van der Waals surface area contributed by atoms with Crippen molar-refractivity contribution in [2.24, 2.45) is 0 Å². The van der Waals surface area contributed by atoms with Crippen molar-refractivity contribution in [2.45, 2.75) is 6.42 Å². The molecule has 1 aromatic carbocycles. The number of hydrogen-bond donors (Lipinski definition) is 2. The summed E-state index contributed by atoms with van der Waals surface area (Å²) in [5, 5.41) is 16.0. The van der Waals surface area contributed by atoms with Crippen LogP contribution in [0.3, 0.4) is 0 Å². The quantitative estimate of drug-likeness (QED) is 0.366. The molecule has 1 fully saturated rings. The number of hydrogen-bond acceptors (Lipinski definition) is 9. The van der Waals surface area contributed by atoms with Gasteiger partial charge in [0.25, 0.3) is 5.91 Å². The van der Waals surface area contributed by atoms with Crippen LogP contribution in [0.5, 0.6) is 0 Å². The summed E-state index contributed by atoms with van der Waals surface area (Å²) in [6.45, 7) is 3.65. The molecular weight excluding hydrogens is 503 g/mol. The molecule has 4 heterocycles. The zero-order valence-corrected chi connectivity index (χ0v) is 21.5. The largest absolute Gasteiger partial charge is 0.354 e. The number of nitriles is 1. The van der Waals surface area contributed by atoms with E-state index in [1.54, 1.807) is 18.2 Å². The van der Waals surface area contributed by atoms with E-state index in [1.165, 1.54) is 23.7 Å². The number of benzene rings is 1. The first-order valence-electron chi connectivity index (χ1n) is 12.0. The first kappa shape index (κ1) is 25.3. The van der Waals surface area contributed by atoms with E-state index in [9.17, 15) is 9.18 Å². The molecule has 0 atom stereocenters. The Kier molecular flexibility index (Phi) is 7.53. The summed E-state index contributed by atoms with van der Waals surface area (Å²) in [6.07, 6.45) is 2.98. The number of rotatable bonds is 7. The number of likely N-dealkylation sites (N-methyl/N-ethyl adjacent to an activating group) is 1. The predicted octanol–water partition coefficient (Wildman–Crippen LogP) is 4.28. The molecule has 0 bridgehead atoms. The maximum atomic E-state index is 13.9. The molecule has 1 aliphatic heterocycles. The van der Waals surface area contributed by atoms with Gasteiger partial charge < -0.3 is 20.4 Å². The van der Waals surface area contributed by atoms with Gasteiger partial charge in [-0.2, -0.15) is 5.26 Å². The van der Waals surface area contributed by atoms with E-state index in [2.05, 4.69) is 38.5 Å². The Labute approximate surface area is 223 Å². The van der Waals surface area contributed by atoms with Crippen LogP contribution in [0.4, 0.5) is 26.7 Å². The number of nitrogens with zero attached hydrogens (tertiary/aromatic N) is 6. The maximum Gasteiger partial charge on any atom is 0.260 e. The van der Waals surface area contributed by atoms with Crippen LogP contribution in [0.15, 0.2) is 60.9 Å². The minimum atomic E-state index is -0.623. The number of pyridine rings is 1. The molecule has 0 aliphatic carbocycles. The topological polar surface area (TPSA) is 110 Å². The lowest BCUT2D eigenvalue weighted by molar-refractivity contribution is 0.102. The third-order valence-electron chi connectivity index (χ3n) is 6.14. The summed E-state index contributed by atoms with van der Waals surface area (Å²) in [7, 11) is 2.11. The van der Waals surface area contributed by atoms with Gasteiger partial charge in [-0.05, 0) is 42.9 Å². The van der Waals surface area contributed by atoms with Crippen LogP contribution in [-0.2, 0) is 6.42 Å². The van der Waals surface area contributed by atoms with Gasteiger partial charge >= 0.3 is 0 Å². The number of anilines is 4. The van der Waals surface area contributed by atoms with Crippen molar-refractivity contribution in [3.63, 3.8) is 0 Å². The molecule has 11 heteroatoms. The number of thiophene rings is 1. The average Bonchev–Trinajstić information content (AvgIpc) is 3.38. The lowest BCUT2D eigenvalue weighted by Gasteiger charge is -2.33. The Balaban J connectivity index is 1.34. The van der Waals surface area contributed by atoms with Gasteiger partial charge in [0.05, 0.1) is 10.6 Å². The molecule has 3 aromatic heterocycles. The molecule has 2 N–H and O–H groups in total. The second-order valence-electron chi connectivity index (χ2n) is 8.90. The van der Waals surface area contributed by atoms with E-state index < -0.39 is 11.7 Å². The monoisotopic (exact) mass is 528 g/mol. The molecule has 5 rings (SSSR count). The van der Waals surface area contributed by atoms with Crippen molar-refractivity contribution >= 4 is 39.6 Å². The van der Waals surface area contributed by atoms with Gasteiger partial charge in [0.1, 0.15) is 34.2 Å². The fourth-order valence-electron chi connectivity index (χ4n) is 4.05. The van der Waals surface area contributed by atoms with Gasteiger partial charge in [-0.3, -0.25) is 9.78 Å². The average molecular weight is 529 g/mol. The normalized spacial score (nSPS) is 13.7. The zero-order chi connectivity index (χ0) is 26.5. The second-order valence-corrected chi connectivity index (χ2v) is 9.99. The van der Waals surface area contributed by atoms with Gasteiger partial charge in [-0.25, -0.2) is 14.4 Å². The smallest absolute Gasteiger partial charge is 0.260 e. The highest BCUT2D eigenvalue weighted by molar-refractivity contribution is 7.16. The van der Waals surface area contributed by atoms with Crippen molar-refractivity contribution in [3.8, 4) is 6.07 Å². The first-order valence-corrected chi connectivity index (χ1v) is 12.9. The van der Waals surface area contributed by atoms with Crippen molar-refractivity contribution in [2.75, 3.05) is 48.8 Å². The predicted molar refractivity (Wildman–Crippen MR) is 145 cm³/mol. The van der Waals surface area contributed by atoms with Gasteiger partial charge in [0.2, 0.25) is 0 Å². The van der Waals surface area contributed by atoms with Crippen molar-refractivity contribution in [3.05, 3.63) is 88.6 Å². The lowest BCUT2D eigenvalue weighted by Crippen LogP contribution is -2.44. The molecule has 0 saturated carbocycles. The summed E-state index contributed by atoms with van der Waals surface area (Å²) in [6, 6.07) is 16.2. The van der Waals surface area contributed by atoms with Crippen LogP contribution in [0.2, 0.25) is 0 Å². The number of amides is 1. The van der Waals surface area contributed by atoms with E-state index in [0.717, 1.165) is 48.6 Å². The molecule has 4 aromatic rings. The molecule has 0 unspecified atom stereocenters. The second kappa shape index (κ2) is 11.3. The Bertz CT molecular complexity index is 1480. The molecule has 0 radical (unpaired) electrons. The zero-order valence-electron chi connectivity index (χ0n) is 20.7. The van der Waals surface area contributed by atoms with Crippen LogP contribution in [0, 0.1) is 17.1 Å². The lowest BCUT2D eigenvalue weighted by atomic mass is 10.1. The highest BCUT2D eigenvalue weighted by Gasteiger charge is 2.18. The van der Waals surface area contributed by atoms with Gasteiger partial charge in [-0.15, -0.1) is 11.3 Å². The molecule has 192 valence electrons. The Hall–Kier alpha value is -4.40. The first-order chi connectivity index (χ1) is 18.5. The highest BCUT2D eigenvalue weighted by Crippen LogP contribution is 2.27. The van der Waals surface area contributed by atoms with E-state index in [1.807, 2.05) is 24.3 Å². The fourth-order valence-corrected chi connectivity index (χ4v) is 4.76. The van der Waals surface area contributed by atoms with E-state index >= 15 is 0 Å². The number of nitrogens with one attached hydrogen (secondary N) is 2. The van der Waals surface area contributed by atoms with Crippen LogP contribution in [0.25, 0.3) is 0 Å². The van der Waals surface area contributed by atoms with Crippen molar-refractivity contribution < 1.29 is 9.18 Å². The van der Waals surface area contributed by atoms with Gasteiger partial charge in [0.15, 0.2) is 0 Å². The molecule has 1 aliphatic rings. The number of piperazine rings is 1. The summed E-state index contributed by atoms with van der Waals surface area (Å²) in [5.41, 5.74) is 1.39. The minimum Gasteiger partial charge on any atom is -0.354 e. The Morgan fingerprint density at radius 3 is 2.61 bits per heavy atom. The number of aromatic nitrogens is 3. The summed E-state index contributed by atoms with van der Waals surface area (Å²) >= 11 is 1.37. The number of halogens is 1. The van der Waals surface area contributed by atoms with E-state index in [0.29, 0.717) is 28.6 Å². The molecular formula is C27H25FN8OS. The van der Waals surface area contributed by atoms with Gasteiger partial charge in [-0.1, -0.05) is 12.1 Å². The Morgan fingerprint density at radius 2 is 1.89 bits per heavy atom. The van der Waals surface area contributed by atoms with Gasteiger partial charge in [0, 0.05) is 56.7 Å². The minimum absolute atomic E-state index is 0.113. The molecule has 1 amide bonds. The summed E-state index contributed by atoms with van der Waals surface area (Å²) in [5.74, 6) is 0.982. The van der Waals surface area contributed by atoms with E-state index in [4.69, 9.17) is 15.2 Å². The molecule has 38 heavy (non-hydrogen) atoms. The van der Waals surface area contributed by atoms with Crippen molar-refractivity contribution in [1.82, 2.24) is 19.9 Å². The molecule has 1 saturated heterocycles. The van der Waals surface area contributed by atoms with Crippen LogP contribution >= 0.6 is 11.3 Å². The summed E-state index contributed by atoms with van der Waals surface area (Å²) in [4.78, 5) is 30.9. The summed E-state index contributed by atoms with van der Waals surface area (Å²) < 4.78 is 13.9. The highest BCUT2D eigenvalue weighted by atomic mass is 32.1. The SMILES string of the molecule is CN1CCN(c2cc(Nc3ccc(C#N)s3)nc(Cc3ccc(NC(=O)c4cnccc4F)cc3)n2)CC1. The van der Waals surface area contributed by atoms with Crippen LogP contribution in [0.1, 0.15) is 26.6 Å². The van der Waals surface area contributed by atoms with Crippen LogP contribution < -0.4 is 15.5 Å². The fraction of sp³-hybridized carbons (Fsp3) is 0.222. The third-order valence-corrected chi connectivity index (χ3v) is 7.05. The molecule has 0 spiro atoms. The number of carbonyl (C=O) groups excluding carboxylic acids is 1. The molecule has 9 nitrogen and oxygen atoms in total. The standard InChI is InChI=1S/C27H25FN8OS/c1-35-10-12-36(13-11-35)25-15-24(34-26-7-6-20(16-29)38-26)32-23(33-25)14-18-2-4-19(5-3-18)31-27(37)21-17-30-9-8-22(21)28/h2-9,15,17H,10-14H2,1H3,(H,31,37)(H,32,33,34). The third kappa shape index (κ3) is 6.11. The number of carbonyl (C=O) groups is 1. The maximum absolute atomic E-state index is 13.9. The Morgan fingerprint density at radius 1 is 1.11 bits per heavy atom. The van der Waals surface area contributed by atoms with E-state index in [-0.39, 0.29) is 5.56 Å².